The standard InChI is InChI=1S/C13H18N2O/c1-9-7-15(8-10(9)2)13-12(11(3)16)5-4-6-14-13/h4-6,9-10H,7-8H2,1-3H3. The highest BCUT2D eigenvalue weighted by molar-refractivity contribution is 5.98. The van der Waals surface area contributed by atoms with Crippen molar-refractivity contribution in [2.24, 2.45) is 11.8 Å². The lowest BCUT2D eigenvalue weighted by Crippen LogP contribution is -2.23. The van der Waals surface area contributed by atoms with Gasteiger partial charge in [0.2, 0.25) is 0 Å². The number of Topliss-reactive ketones (excluding diaryl/α,β-unsaturated/α-hetero) is 1. The smallest absolute Gasteiger partial charge is 0.163 e. The number of aromatic nitrogens is 1. The van der Waals surface area contributed by atoms with Crippen LogP contribution in [0.2, 0.25) is 0 Å². The van der Waals surface area contributed by atoms with Crippen molar-refractivity contribution in [3.63, 3.8) is 0 Å². The van der Waals surface area contributed by atoms with Crippen LogP contribution < -0.4 is 4.90 Å². The van der Waals surface area contributed by atoms with Crippen molar-refractivity contribution in [1.82, 2.24) is 4.98 Å². The van der Waals surface area contributed by atoms with E-state index in [1.54, 1.807) is 13.1 Å². The van der Waals surface area contributed by atoms with E-state index in [1.165, 1.54) is 0 Å². The zero-order valence-corrected chi connectivity index (χ0v) is 10.1. The van der Waals surface area contributed by atoms with Crippen molar-refractivity contribution in [1.29, 1.82) is 0 Å². The van der Waals surface area contributed by atoms with Gasteiger partial charge in [-0.05, 0) is 30.9 Å². The van der Waals surface area contributed by atoms with E-state index in [2.05, 4.69) is 23.7 Å². The minimum atomic E-state index is 0.0929. The van der Waals surface area contributed by atoms with Crippen LogP contribution in [0.15, 0.2) is 18.3 Å². The van der Waals surface area contributed by atoms with Crippen LogP contribution in [0.1, 0.15) is 31.1 Å². The predicted molar refractivity (Wildman–Crippen MR) is 64.8 cm³/mol. The summed E-state index contributed by atoms with van der Waals surface area (Å²) in [5.74, 6) is 2.28. The van der Waals surface area contributed by atoms with Gasteiger partial charge < -0.3 is 4.90 Å². The SMILES string of the molecule is CC(=O)c1cccnc1N1CC(C)C(C)C1. The van der Waals surface area contributed by atoms with E-state index in [1.807, 2.05) is 12.1 Å². The molecule has 0 aliphatic carbocycles. The molecule has 2 atom stereocenters. The monoisotopic (exact) mass is 218 g/mol. The van der Waals surface area contributed by atoms with Gasteiger partial charge in [0.15, 0.2) is 5.78 Å². The third kappa shape index (κ3) is 1.94. The first kappa shape index (κ1) is 11.1. The van der Waals surface area contributed by atoms with Gasteiger partial charge in [-0.25, -0.2) is 4.98 Å². The Labute approximate surface area is 96.5 Å². The minimum Gasteiger partial charge on any atom is -0.355 e. The molecule has 16 heavy (non-hydrogen) atoms. The fourth-order valence-corrected chi connectivity index (χ4v) is 2.23. The topological polar surface area (TPSA) is 33.2 Å². The molecular weight excluding hydrogens is 200 g/mol. The molecule has 0 amide bonds. The summed E-state index contributed by atoms with van der Waals surface area (Å²) in [6.07, 6.45) is 1.76. The summed E-state index contributed by atoms with van der Waals surface area (Å²) in [5.41, 5.74) is 0.740. The highest BCUT2D eigenvalue weighted by Gasteiger charge is 2.28. The van der Waals surface area contributed by atoms with Crippen molar-refractivity contribution < 1.29 is 4.79 Å². The molecule has 1 aromatic rings. The van der Waals surface area contributed by atoms with Crippen LogP contribution in [-0.4, -0.2) is 23.9 Å². The van der Waals surface area contributed by atoms with E-state index < -0.39 is 0 Å². The summed E-state index contributed by atoms with van der Waals surface area (Å²) in [7, 11) is 0. The molecule has 3 heteroatoms. The first-order valence-corrected chi connectivity index (χ1v) is 5.80. The molecule has 1 aliphatic heterocycles. The number of anilines is 1. The van der Waals surface area contributed by atoms with Gasteiger partial charge in [0.05, 0.1) is 5.56 Å². The van der Waals surface area contributed by atoms with Crippen molar-refractivity contribution in [2.45, 2.75) is 20.8 Å². The summed E-state index contributed by atoms with van der Waals surface area (Å²) in [5, 5.41) is 0. The van der Waals surface area contributed by atoms with Gasteiger partial charge in [0.1, 0.15) is 5.82 Å². The van der Waals surface area contributed by atoms with Crippen LogP contribution in [0.5, 0.6) is 0 Å². The van der Waals surface area contributed by atoms with Crippen molar-refractivity contribution >= 4 is 11.6 Å². The molecule has 2 heterocycles. The molecule has 2 unspecified atom stereocenters. The van der Waals surface area contributed by atoms with Gasteiger partial charge in [0, 0.05) is 19.3 Å². The van der Waals surface area contributed by atoms with Gasteiger partial charge in [0.25, 0.3) is 0 Å². The summed E-state index contributed by atoms with van der Waals surface area (Å²) in [6.45, 7) is 8.10. The number of carbonyl (C=O) groups is 1. The van der Waals surface area contributed by atoms with Gasteiger partial charge >= 0.3 is 0 Å². The first-order chi connectivity index (χ1) is 7.59. The molecule has 3 nitrogen and oxygen atoms in total. The Kier molecular flexibility index (Phi) is 2.95. The lowest BCUT2D eigenvalue weighted by atomic mass is 10.0. The minimum absolute atomic E-state index is 0.0929. The summed E-state index contributed by atoms with van der Waals surface area (Å²) in [6, 6.07) is 3.68. The van der Waals surface area contributed by atoms with E-state index in [4.69, 9.17) is 0 Å². The number of pyridine rings is 1. The molecule has 0 aromatic carbocycles. The zero-order valence-electron chi connectivity index (χ0n) is 10.1. The largest absolute Gasteiger partial charge is 0.355 e. The molecule has 1 aliphatic rings. The van der Waals surface area contributed by atoms with Gasteiger partial charge in [-0.2, -0.15) is 0 Å². The average molecular weight is 218 g/mol. The maximum absolute atomic E-state index is 11.5. The van der Waals surface area contributed by atoms with Crippen LogP contribution in [0.3, 0.4) is 0 Å². The Balaban J connectivity index is 2.31. The maximum Gasteiger partial charge on any atom is 0.163 e. The fraction of sp³-hybridized carbons (Fsp3) is 0.538. The van der Waals surface area contributed by atoms with Gasteiger partial charge in [-0.1, -0.05) is 13.8 Å². The summed E-state index contributed by atoms with van der Waals surface area (Å²) >= 11 is 0. The van der Waals surface area contributed by atoms with E-state index in [0.29, 0.717) is 11.8 Å². The molecule has 0 spiro atoms. The molecule has 0 saturated carbocycles. The normalized spacial score (nSPS) is 24.8. The Morgan fingerprint density at radius 3 is 2.56 bits per heavy atom. The molecule has 0 bridgehead atoms. The second-order valence-corrected chi connectivity index (χ2v) is 4.79. The van der Waals surface area contributed by atoms with E-state index in [9.17, 15) is 4.79 Å². The van der Waals surface area contributed by atoms with E-state index in [0.717, 1.165) is 24.5 Å². The third-order valence-electron chi connectivity index (χ3n) is 3.45. The second kappa shape index (κ2) is 4.24. The highest BCUT2D eigenvalue weighted by atomic mass is 16.1. The quantitative estimate of drug-likeness (QED) is 0.714. The predicted octanol–water partition coefficient (Wildman–Crippen LogP) is 2.38. The Hall–Kier alpha value is -1.38. The third-order valence-corrected chi connectivity index (χ3v) is 3.45. The van der Waals surface area contributed by atoms with Crippen LogP contribution in [0.4, 0.5) is 5.82 Å². The molecule has 1 aromatic heterocycles. The molecule has 1 fully saturated rings. The van der Waals surface area contributed by atoms with Crippen LogP contribution >= 0.6 is 0 Å². The van der Waals surface area contributed by atoms with E-state index >= 15 is 0 Å². The number of rotatable bonds is 2. The number of ketones is 1. The zero-order chi connectivity index (χ0) is 11.7. The Morgan fingerprint density at radius 1 is 1.38 bits per heavy atom. The maximum atomic E-state index is 11.5. The first-order valence-electron chi connectivity index (χ1n) is 5.80. The second-order valence-electron chi connectivity index (χ2n) is 4.79. The van der Waals surface area contributed by atoms with Crippen molar-refractivity contribution in [3.05, 3.63) is 23.9 Å². The number of hydrogen-bond donors (Lipinski definition) is 0. The lowest BCUT2D eigenvalue weighted by molar-refractivity contribution is 0.101. The van der Waals surface area contributed by atoms with Crippen molar-refractivity contribution in [3.8, 4) is 0 Å². The van der Waals surface area contributed by atoms with Crippen molar-refractivity contribution in [2.75, 3.05) is 18.0 Å². The number of nitrogens with zero attached hydrogens (tertiary/aromatic N) is 2. The average Bonchev–Trinajstić information content (AvgIpc) is 2.59. The number of hydrogen-bond acceptors (Lipinski definition) is 3. The molecule has 0 radical (unpaired) electrons. The van der Waals surface area contributed by atoms with E-state index in [-0.39, 0.29) is 5.78 Å². The van der Waals surface area contributed by atoms with Gasteiger partial charge in [-0.3, -0.25) is 4.79 Å². The number of carbonyl (C=O) groups excluding carboxylic acids is 1. The highest BCUT2D eigenvalue weighted by Crippen LogP contribution is 2.28. The molecular formula is C13H18N2O. The fourth-order valence-electron chi connectivity index (χ4n) is 2.23. The van der Waals surface area contributed by atoms with Crippen LogP contribution in [0, 0.1) is 11.8 Å². The van der Waals surface area contributed by atoms with Crippen LogP contribution in [-0.2, 0) is 0 Å². The molecule has 0 N–H and O–H groups in total. The van der Waals surface area contributed by atoms with Crippen LogP contribution in [0.25, 0.3) is 0 Å². The lowest BCUT2D eigenvalue weighted by Gasteiger charge is -2.19. The van der Waals surface area contributed by atoms with Gasteiger partial charge in [-0.15, -0.1) is 0 Å². The molecule has 86 valence electrons. The summed E-state index contributed by atoms with van der Waals surface area (Å²) in [4.78, 5) is 18.1. The Morgan fingerprint density at radius 2 is 2.00 bits per heavy atom. The Bertz CT molecular complexity index is 393. The molecule has 2 rings (SSSR count). The molecule has 1 saturated heterocycles. The summed E-state index contributed by atoms with van der Waals surface area (Å²) < 4.78 is 0.